The molecule has 2 heteroatoms. The lowest BCUT2D eigenvalue weighted by atomic mass is 9.82. The van der Waals surface area contributed by atoms with Crippen LogP contribution in [0.1, 0.15) is 58.3 Å². The first kappa shape index (κ1) is 13.9. The maximum atomic E-state index is 5.86. The number of methoxy groups -OCH3 is 1. The minimum atomic E-state index is 0.477. The van der Waals surface area contributed by atoms with E-state index in [9.17, 15) is 0 Å². The molecule has 0 aliphatic heterocycles. The van der Waals surface area contributed by atoms with Crippen LogP contribution in [-0.2, 0) is 4.74 Å². The fraction of sp³-hybridized carbons (Fsp3) is 1.00. The van der Waals surface area contributed by atoms with Gasteiger partial charge in [0.15, 0.2) is 0 Å². The molecular formula is C17H31NO. The predicted molar refractivity (Wildman–Crippen MR) is 79.2 cm³/mol. The van der Waals surface area contributed by atoms with Gasteiger partial charge < -0.3 is 10.1 Å². The average Bonchev–Trinajstić information content (AvgIpc) is 3.04. The van der Waals surface area contributed by atoms with Crippen LogP contribution in [0.25, 0.3) is 0 Å². The van der Waals surface area contributed by atoms with E-state index in [2.05, 4.69) is 12.2 Å². The van der Waals surface area contributed by atoms with Crippen LogP contribution in [0.3, 0.4) is 0 Å². The van der Waals surface area contributed by atoms with E-state index in [0.29, 0.717) is 12.1 Å². The number of fused-ring (bicyclic) bond motifs is 2. The van der Waals surface area contributed by atoms with E-state index in [1.54, 1.807) is 0 Å². The van der Waals surface area contributed by atoms with E-state index in [-0.39, 0.29) is 0 Å². The molecule has 0 aromatic heterocycles. The summed E-state index contributed by atoms with van der Waals surface area (Å²) in [5.41, 5.74) is 0. The van der Waals surface area contributed by atoms with Crippen LogP contribution in [0.5, 0.6) is 0 Å². The lowest BCUT2D eigenvalue weighted by Gasteiger charge is -2.32. The molecule has 19 heavy (non-hydrogen) atoms. The molecule has 3 rings (SSSR count). The molecule has 5 atom stereocenters. The molecular weight excluding hydrogens is 234 g/mol. The first-order valence-corrected chi connectivity index (χ1v) is 8.58. The Morgan fingerprint density at radius 2 is 2.00 bits per heavy atom. The maximum Gasteiger partial charge on any atom is 0.0752 e. The fourth-order valence-corrected chi connectivity index (χ4v) is 4.76. The lowest BCUT2D eigenvalue weighted by molar-refractivity contribution is 0.0396. The quantitative estimate of drug-likeness (QED) is 0.724. The number of ether oxygens (including phenoxy) is 1. The minimum absolute atomic E-state index is 0.477. The van der Waals surface area contributed by atoms with Crippen molar-refractivity contribution in [1.82, 2.24) is 5.32 Å². The van der Waals surface area contributed by atoms with Gasteiger partial charge in [0.1, 0.15) is 0 Å². The van der Waals surface area contributed by atoms with Crippen molar-refractivity contribution in [2.24, 2.45) is 23.7 Å². The number of nitrogens with one attached hydrogen (secondary N) is 1. The molecule has 0 amide bonds. The van der Waals surface area contributed by atoms with E-state index < -0.39 is 0 Å². The first-order valence-electron chi connectivity index (χ1n) is 8.58. The first-order chi connectivity index (χ1) is 9.31. The van der Waals surface area contributed by atoms with Crippen molar-refractivity contribution in [3.8, 4) is 0 Å². The number of rotatable bonds is 8. The Kier molecular flexibility index (Phi) is 4.48. The van der Waals surface area contributed by atoms with Crippen LogP contribution >= 0.6 is 0 Å². The van der Waals surface area contributed by atoms with Crippen molar-refractivity contribution in [3.05, 3.63) is 0 Å². The fourth-order valence-electron chi connectivity index (χ4n) is 4.76. The van der Waals surface area contributed by atoms with Crippen molar-refractivity contribution in [2.45, 2.75) is 70.4 Å². The molecule has 0 aromatic carbocycles. The maximum absolute atomic E-state index is 5.86. The Morgan fingerprint density at radius 1 is 1.16 bits per heavy atom. The van der Waals surface area contributed by atoms with Crippen LogP contribution in [0.15, 0.2) is 0 Å². The van der Waals surface area contributed by atoms with Gasteiger partial charge in [0.2, 0.25) is 0 Å². The highest BCUT2D eigenvalue weighted by Crippen LogP contribution is 2.50. The molecule has 0 aromatic rings. The summed E-state index contributed by atoms with van der Waals surface area (Å²) >= 11 is 0. The Morgan fingerprint density at radius 3 is 2.53 bits per heavy atom. The van der Waals surface area contributed by atoms with Crippen LogP contribution < -0.4 is 5.32 Å². The molecule has 0 radical (unpaired) electrons. The predicted octanol–water partition coefficient (Wildman–Crippen LogP) is 3.61. The van der Waals surface area contributed by atoms with E-state index in [1.165, 1.54) is 51.4 Å². The zero-order valence-corrected chi connectivity index (χ0v) is 12.7. The number of hydrogen-bond donors (Lipinski definition) is 1. The minimum Gasteiger partial charge on any atom is -0.380 e. The molecule has 0 heterocycles. The summed E-state index contributed by atoms with van der Waals surface area (Å²) in [6.45, 7) is 3.42. The van der Waals surface area contributed by atoms with Gasteiger partial charge >= 0.3 is 0 Å². The van der Waals surface area contributed by atoms with Gasteiger partial charge in [0.25, 0.3) is 0 Å². The second-order valence-corrected chi connectivity index (χ2v) is 7.27. The molecule has 0 spiro atoms. The summed E-state index contributed by atoms with van der Waals surface area (Å²) < 4.78 is 5.86. The summed E-state index contributed by atoms with van der Waals surface area (Å²) in [7, 11) is 1.92. The largest absolute Gasteiger partial charge is 0.380 e. The Labute approximate surface area is 118 Å². The molecule has 5 unspecified atom stereocenters. The Hall–Kier alpha value is -0.0800. The third-order valence-corrected chi connectivity index (χ3v) is 5.85. The van der Waals surface area contributed by atoms with Crippen LogP contribution in [-0.4, -0.2) is 25.8 Å². The van der Waals surface area contributed by atoms with E-state index in [1.807, 2.05) is 7.11 Å². The molecule has 3 fully saturated rings. The van der Waals surface area contributed by atoms with E-state index in [0.717, 1.165) is 30.2 Å². The standard InChI is InChI=1S/C17H31NO/c1-3-8-18-16(17(19-2)13-6-7-13)11-15-10-12-4-5-14(15)9-12/h12-18H,3-11H2,1-2H3. The van der Waals surface area contributed by atoms with Crippen molar-refractivity contribution in [2.75, 3.05) is 13.7 Å². The molecule has 2 nitrogen and oxygen atoms in total. The third-order valence-electron chi connectivity index (χ3n) is 5.85. The normalized spacial score (nSPS) is 36.6. The molecule has 110 valence electrons. The monoisotopic (exact) mass is 265 g/mol. The molecule has 3 saturated carbocycles. The van der Waals surface area contributed by atoms with Gasteiger partial charge in [-0.3, -0.25) is 0 Å². The van der Waals surface area contributed by atoms with Gasteiger partial charge in [-0.1, -0.05) is 13.3 Å². The highest BCUT2D eigenvalue weighted by atomic mass is 16.5. The SMILES string of the molecule is CCCNC(CC1CC2CCC1C2)C(OC)C1CC1. The summed E-state index contributed by atoms with van der Waals surface area (Å²) in [5, 5.41) is 3.80. The van der Waals surface area contributed by atoms with Crippen LogP contribution in [0, 0.1) is 23.7 Å². The van der Waals surface area contributed by atoms with Crippen LogP contribution in [0.4, 0.5) is 0 Å². The van der Waals surface area contributed by atoms with Crippen molar-refractivity contribution in [1.29, 1.82) is 0 Å². The summed E-state index contributed by atoms with van der Waals surface area (Å²) in [6, 6.07) is 0.613. The third kappa shape index (κ3) is 3.16. The van der Waals surface area contributed by atoms with E-state index >= 15 is 0 Å². The van der Waals surface area contributed by atoms with Crippen molar-refractivity contribution < 1.29 is 4.74 Å². The highest BCUT2D eigenvalue weighted by molar-refractivity contribution is 4.96. The topological polar surface area (TPSA) is 21.3 Å². The highest BCUT2D eigenvalue weighted by Gasteiger charge is 2.43. The molecule has 2 bridgehead atoms. The van der Waals surface area contributed by atoms with Gasteiger partial charge in [-0.15, -0.1) is 0 Å². The van der Waals surface area contributed by atoms with E-state index in [4.69, 9.17) is 4.74 Å². The molecule has 3 aliphatic rings. The zero-order valence-electron chi connectivity index (χ0n) is 12.7. The molecule has 3 aliphatic carbocycles. The molecule has 1 N–H and O–H groups in total. The Bertz CT molecular complexity index is 289. The van der Waals surface area contributed by atoms with Gasteiger partial charge in [0.05, 0.1) is 6.10 Å². The second kappa shape index (κ2) is 6.13. The van der Waals surface area contributed by atoms with Gasteiger partial charge in [0, 0.05) is 13.2 Å². The zero-order chi connectivity index (χ0) is 13.2. The number of hydrogen-bond acceptors (Lipinski definition) is 2. The van der Waals surface area contributed by atoms with Gasteiger partial charge in [-0.05, 0) is 75.2 Å². The summed E-state index contributed by atoms with van der Waals surface area (Å²) in [6.07, 6.45) is 11.9. The summed E-state index contributed by atoms with van der Waals surface area (Å²) in [5.74, 6) is 3.96. The van der Waals surface area contributed by atoms with Gasteiger partial charge in [-0.25, -0.2) is 0 Å². The lowest BCUT2D eigenvalue weighted by Crippen LogP contribution is -2.44. The van der Waals surface area contributed by atoms with Crippen molar-refractivity contribution >= 4 is 0 Å². The summed E-state index contributed by atoms with van der Waals surface area (Å²) in [4.78, 5) is 0. The van der Waals surface area contributed by atoms with Gasteiger partial charge in [-0.2, -0.15) is 0 Å². The average molecular weight is 265 g/mol. The van der Waals surface area contributed by atoms with Crippen LogP contribution in [0.2, 0.25) is 0 Å². The molecule has 0 saturated heterocycles. The second-order valence-electron chi connectivity index (χ2n) is 7.27. The smallest absolute Gasteiger partial charge is 0.0752 e. The van der Waals surface area contributed by atoms with Crippen molar-refractivity contribution in [3.63, 3.8) is 0 Å². The Balaban J connectivity index is 1.58.